The van der Waals surface area contributed by atoms with E-state index in [2.05, 4.69) is 10.6 Å². The van der Waals surface area contributed by atoms with Crippen LogP contribution in [0.3, 0.4) is 0 Å². The molecule has 0 aromatic heterocycles. The maximum Gasteiger partial charge on any atom is 0.255 e. The van der Waals surface area contributed by atoms with E-state index in [0.29, 0.717) is 34.2 Å². The summed E-state index contributed by atoms with van der Waals surface area (Å²) in [5.74, 6) is 0.320. The lowest BCUT2D eigenvalue weighted by molar-refractivity contribution is 0.0921. The molecular formula is C20H20ClFN2O2. The topological polar surface area (TPSA) is 50.4 Å². The molecule has 6 heteroatoms. The Morgan fingerprint density at radius 3 is 2.50 bits per heavy atom. The Hall–Kier alpha value is -2.11. The Labute approximate surface area is 156 Å². The van der Waals surface area contributed by atoms with Gasteiger partial charge in [0, 0.05) is 23.1 Å². The number of ether oxygens (including phenoxy) is 1. The first-order chi connectivity index (χ1) is 12.6. The van der Waals surface area contributed by atoms with E-state index >= 15 is 0 Å². The summed E-state index contributed by atoms with van der Waals surface area (Å²) in [4.78, 5) is 12.8. The average Bonchev–Trinajstić information content (AvgIpc) is 2.97. The Kier molecular flexibility index (Phi) is 4.83. The van der Waals surface area contributed by atoms with Crippen LogP contribution in [0, 0.1) is 5.82 Å². The van der Waals surface area contributed by atoms with E-state index in [1.807, 2.05) is 0 Å². The van der Waals surface area contributed by atoms with E-state index in [-0.39, 0.29) is 17.8 Å². The molecule has 136 valence electrons. The van der Waals surface area contributed by atoms with Crippen LogP contribution in [0.5, 0.6) is 11.5 Å². The number of fused-ring (bicyclic) bond motifs is 2. The van der Waals surface area contributed by atoms with E-state index in [1.165, 1.54) is 37.1 Å². The molecule has 26 heavy (non-hydrogen) atoms. The van der Waals surface area contributed by atoms with Gasteiger partial charge in [-0.25, -0.2) is 4.39 Å². The minimum atomic E-state index is -0.341. The Balaban J connectivity index is 1.52. The van der Waals surface area contributed by atoms with Crippen molar-refractivity contribution in [2.45, 2.75) is 43.8 Å². The summed E-state index contributed by atoms with van der Waals surface area (Å²) in [6.45, 7) is 0. The van der Waals surface area contributed by atoms with E-state index in [4.69, 9.17) is 16.3 Å². The fraction of sp³-hybridized carbons (Fsp3) is 0.350. The van der Waals surface area contributed by atoms with Gasteiger partial charge in [0.15, 0.2) is 0 Å². The molecule has 0 aliphatic carbocycles. The molecule has 2 unspecified atom stereocenters. The van der Waals surface area contributed by atoms with Gasteiger partial charge in [0.1, 0.15) is 17.3 Å². The van der Waals surface area contributed by atoms with Gasteiger partial charge in [-0.15, -0.1) is 0 Å². The van der Waals surface area contributed by atoms with Crippen molar-refractivity contribution in [2.75, 3.05) is 0 Å². The molecule has 2 saturated heterocycles. The van der Waals surface area contributed by atoms with E-state index in [9.17, 15) is 9.18 Å². The highest BCUT2D eigenvalue weighted by Crippen LogP contribution is 2.30. The van der Waals surface area contributed by atoms with E-state index in [1.54, 1.807) is 18.2 Å². The van der Waals surface area contributed by atoms with Crippen molar-refractivity contribution >= 4 is 17.5 Å². The quantitative estimate of drug-likeness (QED) is 0.839. The standard InChI is InChI=1S/C20H20ClFN2O2/c21-12-1-8-19(26-17-6-2-13(22)3-7-17)18(9-12)20(25)24-16-10-14-4-5-15(11-16)23-14/h1-3,6-9,14-16,23H,4-5,10-11H2,(H,24,25). The van der Waals surface area contributed by atoms with Gasteiger partial charge in [0.25, 0.3) is 5.91 Å². The molecular weight excluding hydrogens is 355 g/mol. The number of carbonyl (C=O) groups excluding carboxylic acids is 1. The predicted octanol–water partition coefficient (Wildman–Crippen LogP) is 4.28. The van der Waals surface area contributed by atoms with Crippen molar-refractivity contribution in [1.29, 1.82) is 0 Å². The normalized spacial score (nSPS) is 24.3. The van der Waals surface area contributed by atoms with Gasteiger partial charge in [0.2, 0.25) is 0 Å². The van der Waals surface area contributed by atoms with E-state index in [0.717, 1.165) is 12.8 Å². The smallest absolute Gasteiger partial charge is 0.255 e. The zero-order chi connectivity index (χ0) is 18.1. The largest absolute Gasteiger partial charge is 0.457 e. The van der Waals surface area contributed by atoms with Crippen LogP contribution in [0.1, 0.15) is 36.0 Å². The third-order valence-electron chi connectivity index (χ3n) is 5.04. The number of amides is 1. The summed E-state index contributed by atoms with van der Waals surface area (Å²) in [6, 6.07) is 11.7. The predicted molar refractivity (Wildman–Crippen MR) is 98.4 cm³/mol. The summed E-state index contributed by atoms with van der Waals surface area (Å²) >= 11 is 6.09. The second-order valence-electron chi connectivity index (χ2n) is 6.98. The van der Waals surface area contributed by atoms with Gasteiger partial charge in [-0.2, -0.15) is 0 Å². The first-order valence-corrected chi connectivity index (χ1v) is 9.24. The third-order valence-corrected chi connectivity index (χ3v) is 5.27. The van der Waals surface area contributed by atoms with E-state index < -0.39 is 0 Å². The second-order valence-corrected chi connectivity index (χ2v) is 7.41. The number of hydrogen-bond donors (Lipinski definition) is 2. The van der Waals surface area contributed by atoms with Gasteiger partial charge in [-0.05, 0) is 68.1 Å². The molecule has 2 fully saturated rings. The number of rotatable bonds is 4. The van der Waals surface area contributed by atoms with Gasteiger partial charge < -0.3 is 15.4 Å². The molecule has 2 aromatic rings. The van der Waals surface area contributed by atoms with Crippen LogP contribution in [0.25, 0.3) is 0 Å². The van der Waals surface area contributed by atoms with Crippen molar-refractivity contribution in [1.82, 2.24) is 10.6 Å². The van der Waals surface area contributed by atoms with Gasteiger partial charge in [-0.3, -0.25) is 4.79 Å². The molecule has 0 radical (unpaired) electrons. The highest BCUT2D eigenvalue weighted by atomic mass is 35.5. The summed E-state index contributed by atoms with van der Waals surface area (Å²) in [5.41, 5.74) is 0.382. The third kappa shape index (κ3) is 3.84. The van der Waals surface area contributed by atoms with Crippen molar-refractivity contribution in [3.05, 3.63) is 58.9 Å². The van der Waals surface area contributed by atoms with Gasteiger partial charge in [-0.1, -0.05) is 11.6 Å². The van der Waals surface area contributed by atoms with Crippen LogP contribution in [0.15, 0.2) is 42.5 Å². The molecule has 2 aliphatic rings. The molecule has 2 bridgehead atoms. The minimum Gasteiger partial charge on any atom is -0.457 e. The van der Waals surface area contributed by atoms with Crippen molar-refractivity contribution in [3.63, 3.8) is 0 Å². The molecule has 2 atom stereocenters. The average molecular weight is 375 g/mol. The van der Waals surface area contributed by atoms with Crippen molar-refractivity contribution in [2.24, 2.45) is 0 Å². The fourth-order valence-electron chi connectivity index (χ4n) is 3.84. The zero-order valence-electron chi connectivity index (χ0n) is 14.2. The minimum absolute atomic E-state index is 0.152. The molecule has 0 saturated carbocycles. The van der Waals surface area contributed by atoms with Crippen molar-refractivity contribution in [3.8, 4) is 11.5 Å². The van der Waals surface area contributed by atoms with Crippen LogP contribution in [0.4, 0.5) is 4.39 Å². The maximum atomic E-state index is 13.1. The number of nitrogens with one attached hydrogen (secondary N) is 2. The number of piperidine rings is 1. The molecule has 2 heterocycles. The lowest BCUT2D eigenvalue weighted by Crippen LogP contribution is -2.48. The molecule has 2 aliphatic heterocycles. The zero-order valence-corrected chi connectivity index (χ0v) is 14.9. The number of halogens is 2. The summed E-state index contributed by atoms with van der Waals surface area (Å²) < 4.78 is 18.9. The molecule has 1 amide bonds. The molecule has 0 spiro atoms. The lowest BCUT2D eigenvalue weighted by Gasteiger charge is -2.29. The lowest BCUT2D eigenvalue weighted by atomic mass is 9.99. The van der Waals surface area contributed by atoms with Crippen LogP contribution in [-0.4, -0.2) is 24.0 Å². The van der Waals surface area contributed by atoms with Gasteiger partial charge in [0.05, 0.1) is 5.56 Å². The van der Waals surface area contributed by atoms with Crippen molar-refractivity contribution < 1.29 is 13.9 Å². The second kappa shape index (κ2) is 7.25. The number of hydrogen-bond acceptors (Lipinski definition) is 3. The fourth-order valence-corrected chi connectivity index (χ4v) is 4.01. The molecule has 2 aromatic carbocycles. The Bertz CT molecular complexity index is 800. The summed E-state index contributed by atoms with van der Waals surface area (Å²) in [5, 5.41) is 7.15. The first-order valence-electron chi connectivity index (χ1n) is 8.87. The SMILES string of the molecule is O=C(NC1CC2CCC(C1)N2)c1cc(Cl)ccc1Oc1ccc(F)cc1. The first kappa shape index (κ1) is 17.3. The molecule has 4 nitrogen and oxygen atoms in total. The molecule has 4 rings (SSSR count). The van der Waals surface area contributed by atoms with Crippen LogP contribution >= 0.6 is 11.6 Å². The van der Waals surface area contributed by atoms with Gasteiger partial charge >= 0.3 is 0 Å². The van der Waals surface area contributed by atoms with Crippen LogP contribution in [-0.2, 0) is 0 Å². The summed E-state index contributed by atoms with van der Waals surface area (Å²) in [7, 11) is 0. The van der Waals surface area contributed by atoms with Crippen LogP contribution < -0.4 is 15.4 Å². The molecule has 2 N–H and O–H groups in total. The highest BCUT2D eigenvalue weighted by Gasteiger charge is 2.34. The maximum absolute atomic E-state index is 13.1. The Morgan fingerprint density at radius 1 is 1.12 bits per heavy atom. The van der Waals surface area contributed by atoms with Crippen LogP contribution in [0.2, 0.25) is 5.02 Å². The summed E-state index contributed by atoms with van der Waals surface area (Å²) in [6.07, 6.45) is 4.23. The Morgan fingerprint density at radius 2 is 1.81 bits per heavy atom. The monoisotopic (exact) mass is 374 g/mol. The number of carbonyl (C=O) groups is 1. The highest BCUT2D eigenvalue weighted by molar-refractivity contribution is 6.31. The number of benzene rings is 2.